The lowest BCUT2D eigenvalue weighted by molar-refractivity contribution is 0.354. The van der Waals surface area contributed by atoms with Crippen molar-refractivity contribution in [3.8, 4) is 11.8 Å². The van der Waals surface area contributed by atoms with E-state index in [1.807, 2.05) is 0 Å². The van der Waals surface area contributed by atoms with Crippen LogP contribution in [0.5, 0.6) is 0 Å². The molecule has 0 nitrogen and oxygen atoms in total. The molecule has 0 fully saturated rings. The zero-order chi connectivity index (χ0) is 20.7. The lowest BCUT2D eigenvalue weighted by atomic mass is 9.88. The van der Waals surface area contributed by atoms with Crippen LogP contribution in [0.25, 0.3) is 0 Å². The van der Waals surface area contributed by atoms with Crippen molar-refractivity contribution < 1.29 is 0 Å². The summed E-state index contributed by atoms with van der Waals surface area (Å²) >= 11 is 0. The highest BCUT2D eigenvalue weighted by Crippen LogP contribution is 2.23. The Morgan fingerprint density at radius 2 is 0.964 bits per heavy atom. The topological polar surface area (TPSA) is 0 Å². The Hall–Kier alpha value is -0.440. The van der Waals surface area contributed by atoms with Gasteiger partial charge in [0, 0.05) is 12.8 Å². The van der Waals surface area contributed by atoms with Crippen molar-refractivity contribution in [2.75, 3.05) is 0 Å². The van der Waals surface area contributed by atoms with Crippen LogP contribution in [0.3, 0.4) is 0 Å². The molecule has 0 aromatic carbocycles. The van der Waals surface area contributed by atoms with Crippen LogP contribution in [-0.4, -0.2) is 0 Å². The van der Waals surface area contributed by atoms with Gasteiger partial charge in [0.15, 0.2) is 0 Å². The van der Waals surface area contributed by atoms with Crippen molar-refractivity contribution in [2.45, 2.75) is 156 Å². The first-order chi connectivity index (χ1) is 13.7. The third kappa shape index (κ3) is 21.9. The molecule has 0 aromatic heterocycles. The molecule has 0 saturated carbocycles. The second kappa shape index (κ2) is 22.8. The second-order valence-corrected chi connectivity index (χ2v) is 9.52. The third-order valence-electron chi connectivity index (χ3n) is 5.95. The summed E-state index contributed by atoms with van der Waals surface area (Å²) in [5.41, 5.74) is 0. The first kappa shape index (κ1) is 27.6. The van der Waals surface area contributed by atoms with Crippen LogP contribution in [0.15, 0.2) is 0 Å². The maximum absolute atomic E-state index is 3.39. The molecule has 0 heterocycles. The van der Waals surface area contributed by atoms with Crippen LogP contribution >= 0.6 is 0 Å². The lowest BCUT2D eigenvalue weighted by Crippen LogP contribution is -2.04. The van der Waals surface area contributed by atoms with Gasteiger partial charge >= 0.3 is 0 Å². The van der Waals surface area contributed by atoms with E-state index >= 15 is 0 Å². The molecule has 0 radical (unpaired) electrons. The molecule has 0 heteroatoms. The van der Waals surface area contributed by atoms with E-state index in [-0.39, 0.29) is 0 Å². The van der Waals surface area contributed by atoms with Gasteiger partial charge < -0.3 is 0 Å². The van der Waals surface area contributed by atoms with E-state index in [0.717, 1.165) is 24.7 Å². The molecule has 1 unspecified atom stereocenters. The Balaban J connectivity index is 3.50. The highest BCUT2D eigenvalue weighted by Gasteiger charge is 2.10. The molecule has 0 N–H and O–H groups in total. The maximum atomic E-state index is 3.39. The second-order valence-electron chi connectivity index (χ2n) is 9.52. The molecule has 0 saturated heterocycles. The quantitative estimate of drug-likeness (QED) is 0.143. The smallest absolute Gasteiger partial charge is 0.00913 e. The van der Waals surface area contributed by atoms with Gasteiger partial charge in [-0.05, 0) is 31.1 Å². The van der Waals surface area contributed by atoms with Crippen molar-refractivity contribution in [3.05, 3.63) is 0 Å². The molecule has 0 aromatic rings. The fraction of sp³-hybridized carbons (Fsp3) is 0.929. The predicted octanol–water partition coefficient (Wildman–Crippen LogP) is 10.1. The Morgan fingerprint density at radius 1 is 0.500 bits per heavy atom. The molecular formula is C28H54. The Labute approximate surface area is 180 Å². The summed E-state index contributed by atoms with van der Waals surface area (Å²) < 4.78 is 0. The molecule has 166 valence electrons. The largest absolute Gasteiger partial charge is 0.103 e. The molecule has 0 aliphatic rings. The van der Waals surface area contributed by atoms with Crippen LogP contribution in [0.2, 0.25) is 0 Å². The van der Waals surface area contributed by atoms with Crippen molar-refractivity contribution in [2.24, 2.45) is 11.8 Å². The van der Waals surface area contributed by atoms with Gasteiger partial charge in [0.2, 0.25) is 0 Å². The van der Waals surface area contributed by atoms with Crippen LogP contribution in [-0.2, 0) is 0 Å². The summed E-state index contributed by atoms with van der Waals surface area (Å²) in [5, 5.41) is 0. The molecule has 0 aliphatic heterocycles. The molecule has 28 heavy (non-hydrogen) atoms. The summed E-state index contributed by atoms with van der Waals surface area (Å²) in [4.78, 5) is 0. The maximum Gasteiger partial charge on any atom is 0.00913 e. The fourth-order valence-corrected chi connectivity index (χ4v) is 4.25. The summed E-state index contributed by atoms with van der Waals surface area (Å²) in [5.74, 6) is 8.45. The highest BCUT2D eigenvalue weighted by atomic mass is 14.2. The fourth-order valence-electron chi connectivity index (χ4n) is 4.25. The average Bonchev–Trinajstić information content (AvgIpc) is 2.67. The number of rotatable bonds is 20. The monoisotopic (exact) mass is 390 g/mol. The van der Waals surface area contributed by atoms with Crippen LogP contribution < -0.4 is 0 Å². The van der Waals surface area contributed by atoms with E-state index in [4.69, 9.17) is 0 Å². The van der Waals surface area contributed by atoms with Crippen molar-refractivity contribution in [1.29, 1.82) is 0 Å². The van der Waals surface area contributed by atoms with Gasteiger partial charge in [-0.3, -0.25) is 0 Å². The number of hydrogen-bond donors (Lipinski definition) is 0. The van der Waals surface area contributed by atoms with E-state index in [0.29, 0.717) is 0 Å². The van der Waals surface area contributed by atoms with Gasteiger partial charge in [-0.1, -0.05) is 124 Å². The number of unbranched alkanes of at least 4 members (excludes halogenated alkanes) is 14. The minimum atomic E-state index is 0.834. The highest BCUT2D eigenvalue weighted by molar-refractivity contribution is 4.98. The molecular weight excluding hydrogens is 336 g/mol. The van der Waals surface area contributed by atoms with Crippen molar-refractivity contribution >= 4 is 0 Å². The van der Waals surface area contributed by atoms with Crippen LogP contribution in [0.4, 0.5) is 0 Å². The van der Waals surface area contributed by atoms with Gasteiger partial charge in [-0.25, -0.2) is 0 Å². The lowest BCUT2D eigenvalue weighted by Gasteiger charge is -2.18. The summed E-state index contributed by atoms with van der Waals surface area (Å²) in [6.07, 6.45) is 28.0. The van der Waals surface area contributed by atoms with Gasteiger partial charge in [0.05, 0.1) is 0 Å². The van der Waals surface area contributed by atoms with Gasteiger partial charge in [-0.2, -0.15) is 0 Å². The zero-order valence-electron chi connectivity index (χ0n) is 20.3. The molecule has 0 rings (SSSR count). The number of hydrogen-bond acceptors (Lipinski definition) is 0. The average molecular weight is 391 g/mol. The predicted molar refractivity (Wildman–Crippen MR) is 130 cm³/mol. The molecule has 0 amide bonds. The molecule has 0 spiro atoms. The normalized spacial score (nSPS) is 12.2. The minimum absolute atomic E-state index is 0.834. The van der Waals surface area contributed by atoms with Crippen LogP contribution in [0.1, 0.15) is 156 Å². The first-order valence-electron chi connectivity index (χ1n) is 13.2. The van der Waals surface area contributed by atoms with E-state index in [1.54, 1.807) is 0 Å². The Bertz CT molecular complexity index is 343. The SMILES string of the molecule is CCCC#CCCC(CCCCCCCCCCCCCCCC)CC(C)C. The minimum Gasteiger partial charge on any atom is -0.103 e. The van der Waals surface area contributed by atoms with Gasteiger partial charge in [0.25, 0.3) is 0 Å². The van der Waals surface area contributed by atoms with Gasteiger partial charge in [0.1, 0.15) is 0 Å². The molecule has 0 bridgehead atoms. The van der Waals surface area contributed by atoms with E-state index < -0.39 is 0 Å². The Kier molecular flexibility index (Phi) is 22.5. The first-order valence-corrected chi connectivity index (χ1v) is 13.2. The third-order valence-corrected chi connectivity index (χ3v) is 5.95. The van der Waals surface area contributed by atoms with E-state index in [2.05, 4.69) is 39.5 Å². The van der Waals surface area contributed by atoms with Crippen LogP contribution in [0, 0.1) is 23.7 Å². The molecule has 0 aliphatic carbocycles. The zero-order valence-corrected chi connectivity index (χ0v) is 20.3. The summed E-state index contributed by atoms with van der Waals surface area (Å²) in [6.45, 7) is 9.27. The summed E-state index contributed by atoms with van der Waals surface area (Å²) in [6, 6.07) is 0. The van der Waals surface area contributed by atoms with Crippen molar-refractivity contribution in [3.63, 3.8) is 0 Å². The Morgan fingerprint density at radius 3 is 1.43 bits per heavy atom. The standard InChI is InChI=1S/C28H54/c1-5-7-9-11-12-13-14-15-16-17-18-19-21-23-25-28(26-27(3)4)24-22-20-10-8-6-2/h27-28H,5-9,11-19,21-26H2,1-4H3. The van der Waals surface area contributed by atoms with E-state index in [9.17, 15) is 0 Å². The summed E-state index contributed by atoms with van der Waals surface area (Å²) in [7, 11) is 0. The van der Waals surface area contributed by atoms with Crippen molar-refractivity contribution in [1.82, 2.24) is 0 Å². The molecule has 1 atom stereocenters. The van der Waals surface area contributed by atoms with Gasteiger partial charge in [-0.15, -0.1) is 11.8 Å². The van der Waals surface area contributed by atoms with E-state index in [1.165, 1.54) is 116 Å².